The number of nitrogens with zero attached hydrogens (tertiary/aromatic N) is 1. The standard InChI is InChI=1S/C18H25N3OS/c1-3-18(4-2,17(22)20-13-9-10-19-12-13)11-16-21-14-7-5-6-8-15(14)23-16/h5-8,13,19H,3-4,9-12H2,1-2H3,(H,20,22). The van der Waals surface area contributed by atoms with Crippen LogP contribution in [0, 0.1) is 5.41 Å². The number of fused-ring (bicyclic) bond motifs is 1. The Balaban J connectivity index is 1.79. The second-order valence-corrected chi connectivity index (χ2v) is 7.52. The minimum atomic E-state index is -0.351. The normalized spacial score (nSPS) is 18.4. The molecule has 23 heavy (non-hydrogen) atoms. The van der Waals surface area contributed by atoms with E-state index in [1.165, 1.54) is 4.70 Å². The van der Waals surface area contributed by atoms with Gasteiger partial charge in [0.15, 0.2) is 0 Å². The first-order valence-corrected chi connectivity index (χ1v) is 9.34. The van der Waals surface area contributed by atoms with E-state index >= 15 is 0 Å². The summed E-state index contributed by atoms with van der Waals surface area (Å²) in [6.07, 6.45) is 3.43. The lowest BCUT2D eigenvalue weighted by atomic mass is 9.78. The molecule has 1 unspecified atom stereocenters. The van der Waals surface area contributed by atoms with Crippen LogP contribution in [0.15, 0.2) is 24.3 Å². The summed E-state index contributed by atoms with van der Waals surface area (Å²) in [4.78, 5) is 17.7. The molecule has 1 aliphatic heterocycles. The highest BCUT2D eigenvalue weighted by Gasteiger charge is 2.37. The van der Waals surface area contributed by atoms with Crippen LogP contribution in [0.2, 0.25) is 0 Å². The van der Waals surface area contributed by atoms with Gasteiger partial charge in [-0.3, -0.25) is 4.79 Å². The number of benzene rings is 1. The zero-order valence-electron chi connectivity index (χ0n) is 13.9. The third kappa shape index (κ3) is 3.40. The number of thiazole rings is 1. The third-order valence-electron chi connectivity index (χ3n) is 5.06. The van der Waals surface area contributed by atoms with Crippen molar-refractivity contribution in [2.75, 3.05) is 13.1 Å². The number of hydrogen-bond donors (Lipinski definition) is 2. The molecule has 5 heteroatoms. The lowest BCUT2D eigenvalue weighted by Crippen LogP contribution is -2.47. The number of rotatable bonds is 6. The zero-order valence-corrected chi connectivity index (χ0v) is 14.7. The Bertz CT molecular complexity index is 639. The van der Waals surface area contributed by atoms with E-state index in [1.54, 1.807) is 11.3 Å². The average Bonchev–Trinajstić information content (AvgIpc) is 3.21. The molecule has 0 saturated carbocycles. The fraction of sp³-hybridized carbons (Fsp3) is 0.556. The Hall–Kier alpha value is -1.46. The van der Waals surface area contributed by atoms with Crippen molar-refractivity contribution in [2.45, 2.75) is 45.6 Å². The molecule has 1 atom stereocenters. The van der Waals surface area contributed by atoms with Crippen LogP contribution in [0.3, 0.4) is 0 Å². The highest BCUT2D eigenvalue weighted by Crippen LogP contribution is 2.34. The lowest BCUT2D eigenvalue weighted by Gasteiger charge is -2.31. The van der Waals surface area contributed by atoms with Crippen LogP contribution in [0.1, 0.15) is 38.1 Å². The SMILES string of the molecule is CCC(CC)(Cc1nc2ccccc2s1)C(=O)NC1CCNC1. The summed E-state index contributed by atoms with van der Waals surface area (Å²) in [5, 5.41) is 7.62. The molecule has 0 bridgehead atoms. The van der Waals surface area contributed by atoms with Crippen molar-refractivity contribution in [2.24, 2.45) is 5.41 Å². The average molecular weight is 331 g/mol. The molecule has 1 saturated heterocycles. The zero-order chi connectivity index (χ0) is 16.3. The summed E-state index contributed by atoms with van der Waals surface area (Å²) < 4.78 is 1.20. The van der Waals surface area contributed by atoms with Gasteiger partial charge in [-0.25, -0.2) is 4.98 Å². The first-order valence-electron chi connectivity index (χ1n) is 8.53. The predicted molar refractivity (Wildman–Crippen MR) is 95.8 cm³/mol. The van der Waals surface area contributed by atoms with Gasteiger partial charge in [0.25, 0.3) is 0 Å². The van der Waals surface area contributed by atoms with Crippen molar-refractivity contribution >= 4 is 27.5 Å². The van der Waals surface area contributed by atoms with Gasteiger partial charge in [0, 0.05) is 19.0 Å². The number of hydrogen-bond acceptors (Lipinski definition) is 4. The summed E-state index contributed by atoms with van der Waals surface area (Å²) in [6.45, 7) is 6.11. The molecular formula is C18H25N3OS. The molecule has 1 amide bonds. The van der Waals surface area contributed by atoms with Crippen molar-refractivity contribution < 1.29 is 4.79 Å². The highest BCUT2D eigenvalue weighted by atomic mass is 32.1. The summed E-state index contributed by atoms with van der Waals surface area (Å²) in [5.41, 5.74) is 0.685. The Morgan fingerprint density at radius 3 is 2.83 bits per heavy atom. The largest absolute Gasteiger partial charge is 0.352 e. The van der Waals surface area contributed by atoms with Crippen molar-refractivity contribution in [3.05, 3.63) is 29.3 Å². The molecule has 0 radical (unpaired) electrons. The number of aromatic nitrogens is 1. The molecule has 3 rings (SSSR count). The van der Waals surface area contributed by atoms with Crippen molar-refractivity contribution in [1.29, 1.82) is 0 Å². The summed E-state index contributed by atoms with van der Waals surface area (Å²) in [7, 11) is 0. The van der Waals surface area contributed by atoms with Gasteiger partial charge in [-0.05, 0) is 37.9 Å². The summed E-state index contributed by atoms with van der Waals surface area (Å²) >= 11 is 1.71. The molecule has 0 spiro atoms. The van der Waals surface area contributed by atoms with Gasteiger partial charge in [0.2, 0.25) is 5.91 Å². The Morgan fingerprint density at radius 1 is 1.39 bits per heavy atom. The van der Waals surface area contributed by atoms with Crippen LogP contribution >= 0.6 is 11.3 Å². The van der Waals surface area contributed by atoms with Gasteiger partial charge in [0.1, 0.15) is 0 Å². The molecule has 2 N–H and O–H groups in total. The van der Waals surface area contributed by atoms with Gasteiger partial charge in [-0.2, -0.15) is 0 Å². The highest BCUT2D eigenvalue weighted by molar-refractivity contribution is 7.18. The summed E-state index contributed by atoms with van der Waals surface area (Å²) in [6, 6.07) is 8.46. The van der Waals surface area contributed by atoms with Gasteiger partial charge in [0.05, 0.1) is 20.6 Å². The van der Waals surface area contributed by atoms with Gasteiger partial charge in [-0.15, -0.1) is 11.3 Å². The van der Waals surface area contributed by atoms with Crippen LogP contribution in [0.4, 0.5) is 0 Å². The second kappa shape index (κ2) is 6.97. The maximum Gasteiger partial charge on any atom is 0.226 e. The molecule has 2 aromatic rings. The molecule has 1 aromatic carbocycles. The fourth-order valence-electron chi connectivity index (χ4n) is 3.30. The number of nitrogens with one attached hydrogen (secondary N) is 2. The van der Waals surface area contributed by atoms with E-state index in [4.69, 9.17) is 4.98 Å². The molecular weight excluding hydrogens is 306 g/mol. The van der Waals surface area contributed by atoms with E-state index in [9.17, 15) is 4.79 Å². The maximum absolute atomic E-state index is 12.9. The van der Waals surface area contributed by atoms with Crippen LogP contribution in [0.5, 0.6) is 0 Å². The molecule has 1 fully saturated rings. The van der Waals surface area contributed by atoms with Gasteiger partial charge >= 0.3 is 0 Å². The van der Waals surface area contributed by atoms with Crippen molar-refractivity contribution in [1.82, 2.24) is 15.6 Å². The minimum absolute atomic E-state index is 0.190. The first-order chi connectivity index (χ1) is 11.2. The first kappa shape index (κ1) is 16.4. The third-order valence-corrected chi connectivity index (χ3v) is 6.09. The fourth-order valence-corrected chi connectivity index (χ4v) is 4.41. The van der Waals surface area contributed by atoms with E-state index in [-0.39, 0.29) is 17.4 Å². The quantitative estimate of drug-likeness (QED) is 0.855. The number of carbonyl (C=O) groups excluding carboxylic acids is 1. The van der Waals surface area contributed by atoms with E-state index < -0.39 is 0 Å². The number of amides is 1. The van der Waals surface area contributed by atoms with Crippen LogP contribution in [-0.2, 0) is 11.2 Å². The molecule has 0 aliphatic carbocycles. The molecule has 1 aromatic heterocycles. The van der Waals surface area contributed by atoms with Crippen LogP contribution < -0.4 is 10.6 Å². The monoisotopic (exact) mass is 331 g/mol. The van der Waals surface area contributed by atoms with E-state index in [1.807, 2.05) is 18.2 Å². The van der Waals surface area contributed by atoms with Gasteiger partial charge in [-0.1, -0.05) is 26.0 Å². The number of carbonyl (C=O) groups is 1. The Morgan fingerprint density at radius 2 is 2.17 bits per heavy atom. The number of para-hydroxylation sites is 1. The topological polar surface area (TPSA) is 54.0 Å². The molecule has 124 valence electrons. The van der Waals surface area contributed by atoms with E-state index in [2.05, 4.69) is 30.5 Å². The minimum Gasteiger partial charge on any atom is -0.352 e. The molecule has 2 heterocycles. The summed E-state index contributed by atoms with van der Waals surface area (Å²) in [5.74, 6) is 0.190. The smallest absolute Gasteiger partial charge is 0.226 e. The van der Waals surface area contributed by atoms with E-state index in [0.29, 0.717) is 0 Å². The second-order valence-electron chi connectivity index (χ2n) is 6.40. The van der Waals surface area contributed by atoms with Crippen LogP contribution in [0.25, 0.3) is 10.2 Å². The predicted octanol–water partition coefficient (Wildman–Crippen LogP) is 3.12. The van der Waals surface area contributed by atoms with E-state index in [0.717, 1.165) is 49.3 Å². The Labute approximate surface area is 141 Å². The lowest BCUT2D eigenvalue weighted by molar-refractivity contribution is -0.132. The Kier molecular flexibility index (Phi) is 4.97. The van der Waals surface area contributed by atoms with Crippen LogP contribution in [-0.4, -0.2) is 30.0 Å². The van der Waals surface area contributed by atoms with Gasteiger partial charge < -0.3 is 10.6 Å². The van der Waals surface area contributed by atoms with Crippen molar-refractivity contribution in [3.63, 3.8) is 0 Å². The molecule has 4 nitrogen and oxygen atoms in total. The van der Waals surface area contributed by atoms with Crippen molar-refractivity contribution in [3.8, 4) is 0 Å². The maximum atomic E-state index is 12.9. The molecule has 1 aliphatic rings.